The van der Waals surface area contributed by atoms with Gasteiger partial charge in [0.2, 0.25) is 0 Å². The Kier molecular flexibility index (Phi) is 5.67. The average Bonchev–Trinajstić information content (AvgIpc) is 2.86. The van der Waals surface area contributed by atoms with Gasteiger partial charge < -0.3 is 10.6 Å². The van der Waals surface area contributed by atoms with Crippen molar-refractivity contribution in [1.29, 1.82) is 0 Å². The summed E-state index contributed by atoms with van der Waals surface area (Å²) < 4.78 is 0. The molecule has 154 valence electrons. The number of hydrogen-bond donors (Lipinski definition) is 2. The van der Waals surface area contributed by atoms with Crippen molar-refractivity contribution < 1.29 is 0 Å². The van der Waals surface area contributed by atoms with Crippen LogP contribution in [-0.2, 0) is 0 Å². The van der Waals surface area contributed by atoms with E-state index in [0.717, 1.165) is 28.3 Å². The number of hydrogen-bond acceptors (Lipinski definition) is 2. The van der Waals surface area contributed by atoms with Gasteiger partial charge in [-0.1, -0.05) is 91.0 Å². The molecule has 0 atom stereocenters. The summed E-state index contributed by atoms with van der Waals surface area (Å²) in [4.78, 5) is 0. The van der Waals surface area contributed by atoms with E-state index < -0.39 is 0 Å². The Morgan fingerprint density at radius 1 is 0.281 bits per heavy atom. The Hall–Kier alpha value is -4.30. The summed E-state index contributed by atoms with van der Waals surface area (Å²) in [7, 11) is 0. The number of benzene rings is 5. The summed E-state index contributed by atoms with van der Waals surface area (Å²) in [5, 5.41) is 7.07. The van der Waals surface area contributed by atoms with Crippen molar-refractivity contribution in [3.05, 3.63) is 133 Å². The minimum Gasteiger partial charge on any atom is -0.355 e. The standard InChI is InChI=1S/C30H24N2/c1-4-10-23(11-5-1)24-16-18-25(19-17-24)26-20-29(31-27-12-6-2-7-13-27)22-30(21-26)32-28-14-8-3-9-15-28/h1-22,31-32H. The van der Waals surface area contributed by atoms with Crippen LogP contribution in [0.3, 0.4) is 0 Å². The SMILES string of the molecule is c1ccc(Nc2cc(Nc3ccccc3)cc(-c3ccc(-c4ccccc4)cc3)c2)cc1. The molecule has 5 aromatic carbocycles. The monoisotopic (exact) mass is 412 g/mol. The zero-order valence-electron chi connectivity index (χ0n) is 17.7. The van der Waals surface area contributed by atoms with Gasteiger partial charge in [0.25, 0.3) is 0 Å². The number of rotatable bonds is 6. The minimum absolute atomic E-state index is 1.04. The number of anilines is 4. The second-order valence-corrected chi connectivity index (χ2v) is 7.72. The largest absolute Gasteiger partial charge is 0.355 e. The molecular formula is C30H24N2. The summed E-state index contributed by atoms with van der Waals surface area (Å²) in [5.74, 6) is 0. The van der Waals surface area contributed by atoms with E-state index in [1.165, 1.54) is 16.7 Å². The number of nitrogens with one attached hydrogen (secondary N) is 2. The third kappa shape index (κ3) is 4.71. The smallest absolute Gasteiger partial charge is 0.0411 e. The highest BCUT2D eigenvalue weighted by atomic mass is 14.9. The summed E-state index contributed by atoms with van der Waals surface area (Å²) in [6.45, 7) is 0. The first-order valence-corrected chi connectivity index (χ1v) is 10.8. The van der Waals surface area contributed by atoms with Crippen LogP contribution in [0.4, 0.5) is 22.7 Å². The van der Waals surface area contributed by atoms with Gasteiger partial charge in [-0.25, -0.2) is 0 Å². The molecule has 0 aliphatic heterocycles. The Balaban J connectivity index is 1.50. The molecule has 0 aliphatic rings. The molecule has 0 unspecified atom stereocenters. The lowest BCUT2D eigenvalue weighted by Crippen LogP contribution is -1.95. The van der Waals surface area contributed by atoms with Crippen molar-refractivity contribution in [2.45, 2.75) is 0 Å². The quantitative estimate of drug-likeness (QED) is 0.292. The first-order chi connectivity index (χ1) is 15.8. The molecular weight excluding hydrogens is 388 g/mol. The van der Waals surface area contributed by atoms with Crippen LogP contribution in [0.2, 0.25) is 0 Å². The third-order valence-corrected chi connectivity index (χ3v) is 5.38. The Morgan fingerprint density at radius 3 is 1.12 bits per heavy atom. The van der Waals surface area contributed by atoms with Gasteiger partial charge in [0, 0.05) is 22.7 Å². The van der Waals surface area contributed by atoms with Gasteiger partial charge in [-0.05, 0) is 64.7 Å². The lowest BCUT2D eigenvalue weighted by molar-refractivity contribution is 1.50. The second kappa shape index (κ2) is 9.23. The van der Waals surface area contributed by atoms with Crippen LogP contribution < -0.4 is 10.6 Å². The molecule has 32 heavy (non-hydrogen) atoms. The van der Waals surface area contributed by atoms with E-state index in [1.807, 2.05) is 42.5 Å². The molecule has 0 bridgehead atoms. The van der Waals surface area contributed by atoms with E-state index in [1.54, 1.807) is 0 Å². The molecule has 5 rings (SSSR count). The molecule has 0 aliphatic carbocycles. The zero-order valence-corrected chi connectivity index (χ0v) is 17.7. The zero-order chi connectivity index (χ0) is 21.6. The first-order valence-electron chi connectivity index (χ1n) is 10.8. The van der Waals surface area contributed by atoms with Crippen molar-refractivity contribution in [1.82, 2.24) is 0 Å². The maximum Gasteiger partial charge on any atom is 0.0411 e. The van der Waals surface area contributed by atoms with E-state index in [4.69, 9.17) is 0 Å². The molecule has 2 nitrogen and oxygen atoms in total. The van der Waals surface area contributed by atoms with Crippen molar-refractivity contribution in [3.63, 3.8) is 0 Å². The van der Waals surface area contributed by atoms with Gasteiger partial charge in [-0.2, -0.15) is 0 Å². The van der Waals surface area contributed by atoms with Gasteiger partial charge in [0.05, 0.1) is 0 Å². The summed E-state index contributed by atoms with van der Waals surface area (Å²) in [5.41, 5.74) is 8.99. The Bertz CT molecular complexity index is 1220. The van der Waals surface area contributed by atoms with E-state index in [2.05, 4.69) is 102 Å². The van der Waals surface area contributed by atoms with Crippen LogP contribution in [0, 0.1) is 0 Å². The summed E-state index contributed by atoms with van der Waals surface area (Å²) >= 11 is 0. The van der Waals surface area contributed by atoms with Crippen LogP contribution in [0.5, 0.6) is 0 Å². The Labute approximate surface area is 189 Å². The van der Waals surface area contributed by atoms with E-state index in [9.17, 15) is 0 Å². The predicted octanol–water partition coefficient (Wildman–Crippen LogP) is 8.51. The van der Waals surface area contributed by atoms with Gasteiger partial charge >= 0.3 is 0 Å². The van der Waals surface area contributed by atoms with Gasteiger partial charge in [0.15, 0.2) is 0 Å². The molecule has 0 heterocycles. The first kappa shape index (κ1) is 19.7. The summed E-state index contributed by atoms with van der Waals surface area (Å²) in [6, 6.07) is 46.3. The van der Waals surface area contributed by atoms with E-state index in [-0.39, 0.29) is 0 Å². The molecule has 0 amide bonds. The molecule has 0 spiro atoms. The van der Waals surface area contributed by atoms with Crippen LogP contribution in [-0.4, -0.2) is 0 Å². The highest BCUT2D eigenvalue weighted by molar-refractivity contribution is 5.79. The molecule has 0 radical (unpaired) electrons. The minimum atomic E-state index is 1.04. The van der Waals surface area contributed by atoms with Crippen molar-refractivity contribution in [2.24, 2.45) is 0 Å². The van der Waals surface area contributed by atoms with Crippen LogP contribution >= 0.6 is 0 Å². The van der Waals surface area contributed by atoms with Crippen molar-refractivity contribution in [2.75, 3.05) is 10.6 Å². The maximum atomic E-state index is 3.54. The maximum absolute atomic E-state index is 3.54. The fraction of sp³-hybridized carbons (Fsp3) is 0. The van der Waals surface area contributed by atoms with Crippen molar-refractivity contribution in [3.8, 4) is 22.3 Å². The summed E-state index contributed by atoms with van der Waals surface area (Å²) in [6.07, 6.45) is 0. The van der Waals surface area contributed by atoms with Crippen LogP contribution in [0.1, 0.15) is 0 Å². The van der Waals surface area contributed by atoms with Gasteiger partial charge in [-0.3, -0.25) is 0 Å². The topological polar surface area (TPSA) is 24.1 Å². The van der Waals surface area contributed by atoms with Crippen LogP contribution in [0.25, 0.3) is 22.3 Å². The average molecular weight is 413 g/mol. The molecule has 0 aromatic heterocycles. The molecule has 2 N–H and O–H groups in total. The lowest BCUT2D eigenvalue weighted by atomic mass is 9.99. The molecule has 0 saturated heterocycles. The lowest BCUT2D eigenvalue weighted by Gasteiger charge is -2.14. The van der Waals surface area contributed by atoms with Crippen LogP contribution in [0.15, 0.2) is 133 Å². The molecule has 0 saturated carbocycles. The highest BCUT2D eigenvalue weighted by Crippen LogP contribution is 2.32. The number of para-hydroxylation sites is 2. The molecule has 0 fully saturated rings. The van der Waals surface area contributed by atoms with Gasteiger partial charge in [-0.15, -0.1) is 0 Å². The Morgan fingerprint density at radius 2 is 0.656 bits per heavy atom. The highest BCUT2D eigenvalue weighted by Gasteiger charge is 2.06. The fourth-order valence-electron chi connectivity index (χ4n) is 3.80. The second-order valence-electron chi connectivity index (χ2n) is 7.72. The normalized spacial score (nSPS) is 10.5. The van der Waals surface area contributed by atoms with Crippen molar-refractivity contribution >= 4 is 22.7 Å². The van der Waals surface area contributed by atoms with E-state index >= 15 is 0 Å². The third-order valence-electron chi connectivity index (χ3n) is 5.38. The molecule has 5 aromatic rings. The fourth-order valence-corrected chi connectivity index (χ4v) is 3.80. The van der Waals surface area contributed by atoms with Gasteiger partial charge in [0.1, 0.15) is 0 Å². The van der Waals surface area contributed by atoms with E-state index in [0.29, 0.717) is 0 Å². The molecule has 2 heteroatoms. The predicted molar refractivity (Wildman–Crippen MR) is 137 cm³/mol.